The van der Waals surface area contributed by atoms with E-state index in [1.165, 1.54) is 0 Å². The molecule has 0 spiro atoms. The van der Waals surface area contributed by atoms with Crippen LogP contribution < -0.4 is 10.1 Å². The molecule has 154 valence electrons. The summed E-state index contributed by atoms with van der Waals surface area (Å²) in [6.45, 7) is 6.70. The monoisotopic (exact) mass is 404 g/mol. The number of fused-ring (bicyclic) bond motifs is 1. The zero-order valence-corrected chi connectivity index (χ0v) is 17.3. The lowest BCUT2D eigenvalue weighted by Gasteiger charge is -2.15. The van der Waals surface area contributed by atoms with Gasteiger partial charge in [0.05, 0.1) is 23.9 Å². The van der Waals surface area contributed by atoms with E-state index in [0.717, 1.165) is 27.9 Å². The van der Waals surface area contributed by atoms with Crippen molar-refractivity contribution in [1.82, 2.24) is 20.1 Å². The van der Waals surface area contributed by atoms with Crippen molar-refractivity contribution < 1.29 is 13.9 Å². The van der Waals surface area contributed by atoms with Gasteiger partial charge in [0, 0.05) is 12.6 Å². The predicted octanol–water partition coefficient (Wildman–Crippen LogP) is 4.10. The van der Waals surface area contributed by atoms with E-state index in [1.807, 2.05) is 61.0 Å². The summed E-state index contributed by atoms with van der Waals surface area (Å²) >= 11 is 0. The van der Waals surface area contributed by atoms with Crippen LogP contribution in [0.15, 0.2) is 59.2 Å². The van der Waals surface area contributed by atoms with Gasteiger partial charge in [-0.05, 0) is 44.0 Å². The summed E-state index contributed by atoms with van der Waals surface area (Å²) in [6.07, 6.45) is 0.859. The molecule has 0 bridgehead atoms. The molecule has 0 aliphatic heterocycles. The van der Waals surface area contributed by atoms with Gasteiger partial charge in [-0.3, -0.25) is 4.79 Å². The van der Waals surface area contributed by atoms with Gasteiger partial charge in [-0.2, -0.15) is 10.1 Å². The highest BCUT2D eigenvalue weighted by Crippen LogP contribution is 2.33. The molecule has 1 amide bonds. The molecular formula is C23H24N4O3. The van der Waals surface area contributed by atoms with E-state index in [2.05, 4.69) is 15.4 Å². The van der Waals surface area contributed by atoms with Crippen LogP contribution in [0.5, 0.6) is 5.88 Å². The number of nitrogens with zero attached hydrogens (tertiary/aromatic N) is 3. The second-order valence-electron chi connectivity index (χ2n) is 7.03. The number of hydrogen-bond donors (Lipinski definition) is 1. The van der Waals surface area contributed by atoms with Gasteiger partial charge >= 0.3 is 0 Å². The van der Waals surface area contributed by atoms with E-state index in [9.17, 15) is 4.79 Å². The first-order valence-corrected chi connectivity index (χ1v) is 9.97. The number of carbonyl (C=O) groups is 1. The Labute approximate surface area is 174 Å². The third kappa shape index (κ3) is 3.91. The number of aromatic nitrogens is 3. The van der Waals surface area contributed by atoms with Crippen LogP contribution in [-0.2, 0) is 17.9 Å². The summed E-state index contributed by atoms with van der Waals surface area (Å²) in [5, 5.41) is 8.42. The van der Waals surface area contributed by atoms with Gasteiger partial charge in [-0.25, -0.2) is 4.68 Å². The first kappa shape index (κ1) is 19.7. The van der Waals surface area contributed by atoms with Crippen molar-refractivity contribution in [2.24, 2.45) is 0 Å². The normalized spacial score (nSPS) is 12.1. The SMILES string of the molecule is CCn1nc(C)c2c(-c3ccccc3)cc(OC(C)C(=O)NCc3ccco3)nc21. The lowest BCUT2D eigenvalue weighted by atomic mass is 10.0. The maximum atomic E-state index is 12.5. The molecule has 1 unspecified atom stereocenters. The zero-order valence-electron chi connectivity index (χ0n) is 17.3. The number of aryl methyl sites for hydroxylation is 2. The highest BCUT2D eigenvalue weighted by molar-refractivity contribution is 5.95. The molecule has 1 aromatic carbocycles. The number of hydrogen-bond acceptors (Lipinski definition) is 5. The Balaban J connectivity index is 1.64. The molecule has 7 heteroatoms. The first-order chi connectivity index (χ1) is 14.6. The maximum Gasteiger partial charge on any atom is 0.261 e. The third-order valence-corrected chi connectivity index (χ3v) is 4.92. The molecule has 3 aromatic heterocycles. The quantitative estimate of drug-likeness (QED) is 0.501. The molecule has 1 N–H and O–H groups in total. The molecule has 4 rings (SSSR count). The summed E-state index contributed by atoms with van der Waals surface area (Å²) in [7, 11) is 0. The van der Waals surface area contributed by atoms with Crippen molar-refractivity contribution in [3.8, 4) is 17.0 Å². The summed E-state index contributed by atoms with van der Waals surface area (Å²) in [6, 6.07) is 15.5. The minimum absolute atomic E-state index is 0.241. The van der Waals surface area contributed by atoms with E-state index < -0.39 is 6.10 Å². The average Bonchev–Trinajstić information content (AvgIpc) is 3.40. The standard InChI is InChI=1S/C23H24N4O3/c1-4-27-22-21(15(2)26-27)19(17-9-6-5-7-10-17)13-20(25-22)30-16(3)23(28)24-14-18-11-8-12-29-18/h5-13,16H,4,14H2,1-3H3,(H,24,28). The molecule has 7 nitrogen and oxygen atoms in total. The molecule has 0 aliphatic carbocycles. The van der Waals surface area contributed by atoms with Crippen LogP contribution in [0, 0.1) is 6.92 Å². The molecular weight excluding hydrogens is 380 g/mol. The van der Waals surface area contributed by atoms with E-state index in [-0.39, 0.29) is 5.91 Å². The van der Waals surface area contributed by atoms with Crippen LogP contribution in [0.25, 0.3) is 22.2 Å². The van der Waals surface area contributed by atoms with Gasteiger partial charge in [0.1, 0.15) is 5.76 Å². The van der Waals surface area contributed by atoms with Gasteiger partial charge in [-0.15, -0.1) is 0 Å². The number of pyridine rings is 1. The minimum Gasteiger partial charge on any atom is -0.467 e. The van der Waals surface area contributed by atoms with Crippen LogP contribution in [0.1, 0.15) is 25.3 Å². The second kappa shape index (κ2) is 8.41. The Morgan fingerprint density at radius 1 is 1.23 bits per heavy atom. The number of nitrogens with one attached hydrogen (secondary N) is 1. The molecule has 0 saturated heterocycles. The van der Waals surface area contributed by atoms with Crippen molar-refractivity contribution in [1.29, 1.82) is 0 Å². The van der Waals surface area contributed by atoms with Crippen molar-refractivity contribution >= 4 is 16.9 Å². The molecule has 3 heterocycles. The van der Waals surface area contributed by atoms with Crippen molar-refractivity contribution in [3.05, 3.63) is 66.2 Å². The fraction of sp³-hybridized carbons (Fsp3) is 0.261. The molecule has 4 aromatic rings. The molecule has 0 fully saturated rings. The number of furan rings is 1. The van der Waals surface area contributed by atoms with Crippen molar-refractivity contribution in [2.45, 2.75) is 40.0 Å². The molecule has 0 aliphatic rings. The molecule has 0 radical (unpaired) electrons. The number of rotatable bonds is 7. The summed E-state index contributed by atoms with van der Waals surface area (Å²) in [4.78, 5) is 17.1. The van der Waals surface area contributed by atoms with E-state index >= 15 is 0 Å². The van der Waals surface area contributed by atoms with E-state index in [0.29, 0.717) is 24.7 Å². The largest absolute Gasteiger partial charge is 0.467 e. The third-order valence-electron chi connectivity index (χ3n) is 4.92. The lowest BCUT2D eigenvalue weighted by molar-refractivity contribution is -0.127. The summed E-state index contributed by atoms with van der Waals surface area (Å²) in [5.74, 6) is 0.829. The van der Waals surface area contributed by atoms with Crippen molar-refractivity contribution in [3.63, 3.8) is 0 Å². The Hall–Kier alpha value is -3.61. The molecule has 30 heavy (non-hydrogen) atoms. The highest BCUT2D eigenvalue weighted by atomic mass is 16.5. The maximum absolute atomic E-state index is 12.5. The number of amides is 1. The average molecular weight is 404 g/mol. The van der Waals surface area contributed by atoms with E-state index in [4.69, 9.17) is 9.15 Å². The van der Waals surface area contributed by atoms with E-state index in [1.54, 1.807) is 19.3 Å². The Morgan fingerprint density at radius 3 is 2.73 bits per heavy atom. The van der Waals surface area contributed by atoms with Crippen LogP contribution >= 0.6 is 0 Å². The second-order valence-corrected chi connectivity index (χ2v) is 7.03. The Bertz CT molecular complexity index is 1150. The van der Waals surface area contributed by atoms with Crippen LogP contribution in [0.4, 0.5) is 0 Å². The van der Waals surface area contributed by atoms with Crippen molar-refractivity contribution in [2.75, 3.05) is 0 Å². The predicted molar refractivity (Wildman–Crippen MR) is 114 cm³/mol. The minimum atomic E-state index is -0.715. The topological polar surface area (TPSA) is 82.2 Å². The van der Waals surface area contributed by atoms with Crippen LogP contribution in [0.2, 0.25) is 0 Å². The Kier molecular flexibility index (Phi) is 5.52. The van der Waals surface area contributed by atoms with Crippen LogP contribution in [-0.4, -0.2) is 26.8 Å². The van der Waals surface area contributed by atoms with Gasteiger partial charge in [0.2, 0.25) is 5.88 Å². The highest BCUT2D eigenvalue weighted by Gasteiger charge is 2.20. The molecule has 0 saturated carbocycles. The molecule has 1 atom stereocenters. The van der Waals surface area contributed by atoms with Crippen LogP contribution in [0.3, 0.4) is 0 Å². The first-order valence-electron chi connectivity index (χ1n) is 9.97. The summed E-state index contributed by atoms with van der Waals surface area (Å²) in [5.41, 5.74) is 3.68. The number of ether oxygens (including phenoxy) is 1. The Morgan fingerprint density at radius 2 is 2.03 bits per heavy atom. The van der Waals surface area contributed by atoms with Gasteiger partial charge in [0.25, 0.3) is 5.91 Å². The smallest absolute Gasteiger partial charge is 0.261 e. The van der Waals surface area contributed by atoms with Gasteiger partial charge in [-0.1, -0.05) is 30.3 Å². The lowest BCUT2D eigenvalue weighted by Crippen LogP contribution is -2.36. The fourth-order valence-electron chi connectivity index (χ4n) is 3.42. The number of carbonyl (C=O) groups excluding carboxylic acids is 1. The zero-order chi connectivity index (χ0) is 21.1. The van der Waals surface area contributed by atoms with Gasteiger partial charge < -0.3 is 14.5 Å². The summed E-state index contributed by atoms with van der Waals surface area (Å²) < 4.78 is 13.0. The fourth-order valence-corrected chi connectivity index (χ4v) is 3.42. The number of benzene rings is 1. The van der Waals surface area contributed by atoms with Gasteiger partial charge in [0.15, 0.2) is 11.8 Å².